The molecule has 0 radical (unpaired) electrons. The summed E-state index contributed by atoms with van der Waals surface area (Å²) in [6, 6.07) is 74.4. The molecular formula is C106H126N5O10Pt5-5. The third-order valence-corrected chi connectivity index (χ3v) is 18.6. The molecule has 15 nitrogen and oxygen atoms in total. The van der Waals surface area contributed by atoms with E-state index in [9.17, 15) is 0 Å². The molecule has 0 N–H and O–H groups in total. The van der Waals surface area contributed by atoms with Gasteiger partial charge in [-0.1, -0.05) is 260 Å². The number of ether oxygens (including phenoxy) is 10. The van der Waals surface area contributed by atoms with Gasteiger partial charge in [-0.25, -0.2) is 0 Å². The first-order valence-corrected chi connectivity index (χ1v) is 42.9. The van der Waals surface area contributed by atoms with E-state index in [0.29, 0.717) is 24.7 Å². The molecular weight excluding hydrogens is 2480 g/mol. The Balaban J connectivity index is 0.000000406. The van der Waals surface area contributed by atoms with Gasteiger partial charge >= 0.3 is 0 Å². The summed E-state index contributed by atoms with van der Waals surface area (Å²) in [6.45, 7) is 41.5. The van der Waals surface area contributed by atoms with Crippen LogP contribution in [0.5, 0.6) is 69.0 Å². The van der Waals surface area contributed by atoms with Gasteiger partial charge in [-0.15, -0.1) is 60.7 Å². The second kappa shape index (κ2) is 59.8. The maximum absolute atomic E-state index is 6.29. The van der Waals surface area contributed by atoms with Crippen LogP contribution in [0.4, 0.5) is 0 Å². The minimum atomic E-state index is -0.317. The molecule has 126 heavy (non-hydrogen) atoms. The van der Waals surface area contributed by atoms with Gasteiger partial charge in [-0.2, -0.15) is 0 Å². The van der Waals surface area contributed by atoms with Crippen molar-refractivity contribution >= 4 is 0 Å². The van der Waals surface area contributed by atoms with E-state index in [1.807, 2.05) is 299 Å². The first kappa shape index (κ1) is 112. The number of para-hydroxylation sites is 2. The summed E-state index contributed by atoms with van der Waals surface area (Å²) < 4.78 is 60.1. The molecule has 0 spiro atoms. The Kier molecular flexibility index (Phi) is 53.1. The van der Waals surface area contributed by atoms with Crippen molar-refractivity contribution in [3.05, 3.63) is 271 Å². The Morgan fingerprint density at radius 1 is 0.286 bits per heavy atom. The molecule has 5 heterocycles. The summed E-state index contributed by atoms with van der Waals surface area (Å²) in [7, 11) is 0. The number of pyridine rings is 5. The van der Waals surface area contributed by atoms with Crippen LogP contribution < -0.4 is 47.4 Å². The van der Waals surface area contributed by atoms with E-state index in [2.05, 4.69) is 76.0 Å². The van der Waals surface area contributed by atoms with Crippen molar-refractivity contribution in [3.8, 4) is 125 Å². The smallest absolute Gasteiger partial charge is 0.114 e. The van der Waals surface area contributed by atoms with Crippen LogP contribution in [0.1, 0.15) is 202 Å². The molecule has 0 unspecified atom stereocenters. The van der Waals surface area contributed by atoms with Gasteiger partial charge in [0.05, 0.1) is 61.3 Å². The van der Waals surface area contributed by atoms with Gasteiger partial charge in [0, 0.05) is 182 Å². The van der Waals surface area contributed by atoms with Gasteiger partial charge in [0.1, 0.15) is 11.5 Å². The van der Waals surface area contributed by atoms with E-state index < -0.39 is 0 Å². The first-order chi connectivity index (χ1) is 58.4. The van der Waals surface area contributed by atoms with E-state index in [1.165, 1.54) is 64.2 Å². The van der Waals surface area contributed by atoms with Crippen molar-refractivity contribution in [3.63, 3.8) is 0 Å². The standard InChI is InChI=1S/C28H42NO2.C24H18NO2.C20H26NO2.C18H22NO2.C16H18NO2.5Pt/c1-4-6-8-10-12-16-22-30-27-20-19-25(26-18-14-15-21-29-26)28(24(27)3)31-23-17-13-11-9-7-5-2;1-18-23(26-19-10-4-2-5-11-19)16-15-21(22-14-8-9-17-25-22)24(18)27-20-12-6-3-7-13-20;1-14-17(22-19(2,3)4)12-11-15(16-10-8-9-13-21-16)18(14)23-20(5,6)7;1-12(2)20-17-10-9-15(16-8-6-7-11-19-16)18(14(17)5)21-13(3)4;1-4-18-15-10-9-13(14-8-6-7-11-17-14)16(12(15)3)19-5-2;;;;;/h14-15,18,20-21H,4-13,16-17,22-23H2,1-3H3;2-14,16-17H,1H3;8-10,12-13H,1-7H3;6-8,10-13H,1-5H3;6-8,10-11H,4-5H2,1-3H3;;;;;/q5*-1;;;;;. The van der Waals surface area contributed by atoms with Crippen molar-refractivity contribution in [2.24, 2.45) is 0 Å². The van der Waals surface area contributed by atoms with E-state index in [-0.39, 0.29) is 129 Å². The SMILES string of the molecule is CCCCCCCCOc1c[c-]c(-c2ccccn2)c(OCCCCCCCC)c1C.CCOc1c[c-]c(-c2ccccn2)c(OCC)c1C.Cc1c(OC(C)(C)C)c[c-]c(-c2ccccn2)c1OC(C)(C)C.Cc1c(OC(C)C)c[c-]c(-c2ccccn2)c1OC(C)C.Cc1c(Oc2ccccc2)c[c-]c(-c2ccccn2)c1Oc1ccccc1.[Pt].[Pt].[Pt].[Pt].[Pt]. The fourth-order valence-corrected chi connectivity index (χ4v) is 12.7. The van der Waals surface area contributed by atoms with E-state index in [1.54, 1.807) is 24.8 Å². The molecule has 7 aromatic carbocycles. The Labute approximate surface area is 824 Å². The number of nitrogens with zero attached hydrogens (tertiary/aromatic N) is 5. The Morgan fingerprint density at radius 3 is 0.984 bits per heavy atom. The zero-order valence-electron chi connectivity index (χ0n) is 76.6. The van der Waals surface area contributed by atoms with Crippen molar-refractivity contribution in [2.75, 3.05) is 26.4 Å². The summed E-state index contributed by atoms with van der Waals surface area (Å²) in [6.07, 6.45) is 24.2. The second-order valence-electron chi connectivity index (χ2n) is 31.7. The summed E-state index contributed by atoms with van der Waals surface area (Å²) in [5.74, 6) is 9.43. The molecule has 0 saturated carbocycles. The van der Waals surface area contributed by atoms with Crippen LogP contribution in [-0.4, -0.2) is 74.8 Å². The van der Waals surface area contributed by atoms with Crippen molar-refractivity contribution in [1.82, 2.24) is 24.9 Å². The fourth-order valence-electron chi connectivity index (χ4n) is 12.7. The molecule has 0 amide bonds. The number of hydrogen-bond acceptors (Lipinski definition) is 15. The zero-order valence-corrected chi connectivity index (χ0v) is 87.9. The first-order valence-electron chi connectivity index (χ1n) is 42.9. The molecule has 0 aliphatic rings. The minimum absolute atomic E-state index is 0. The molecule has 0 bridgehead atoms. The summed E-state index contributed by atoms with van der Waals surface area (Å²) in [5.41, 5.74) is 12.9. The topological polar surface area (TPSA) is 157 Å². The predicted octanol–water partition coefficient (Wildman–Crippen LogP) is 28.1. The summed E-state index contributed by atoms with van der Waals surface area (Å²) in [5, 5.41) is 0. The van der Waals surface area contributed by atoms with Gasteiger partial charge in [0.15, 0.2) is 0 Å². The maximum atomic E-state index is 6.29. The third-order valence-electron chi connectivity index (χ3n) is 18.6. The third kappa shape index (κ3) is 37.1. The average molecular weight is 2610 g/mol. The Morgan fingerprint density at radius 2 is 0.595 bits per heavy atom. The van der Waals surface area contributed by atoms with Crippen LogP contribution in [0.25, 0.3) is 56.3 Å². The van der Waals surface area contributed by atoms with Crippen LogP contribution in [0.15, 0.2) is 213 Å². The molecule has 20 heteroatoms. The largest absolute Gasteiger partial charge is 0.537 e. The molecule has 12 aromatic rings. The van der Waals surface area contributed by atoms with Gasteiger partial charge in [-0.05, 0) is 185 Å². The predicted molar refractivity (Wildman–Crippen MR) is 492 cm³/mol. The molecule has 0 aliphatic heterocycles. The average Bonchev–Trinajstić information content (AvgIpc) is 0.725. The number of aromatic nitrogens is 5. The molecule has 0 aliphatic carbocycles. The molecule has 690 valence electrons. The molecule has 12 rings (SSSR count). The molecule has 0 saturated heterocycles. The number of benzene rings is 7. The van der Waals surface area contributed by atoms with Gasteiger partial charge in [0.25, 0.3) is 0 Å². The number of rotatable bonds is 35. The van der Waals surface area contributed by atoms with Crippen LogP contribution >= 0.6 is 0 Å². The maximum Gasteiger partial charge on any atom is 0.114 e. The minimum Gasteiger partial charge on any atom is -0.537 e. The molecule has 0 fully saturated rings. The van der Waals surface area contributed by atoms with Crippen molar-refractivity contribution < 1.29 is 153 Å². The van der Waals surface area contributed by atoms with Crippen molar-refractivity contribution in [2.45, 2.75) is 232 Å². The fraction of sp³-hybridized carbons (Fsp3) is 0.368. The van der Waals surface area contributed by atoms with Crippen LogP contribution in [0.3, 0.4) is 0 Å². The number of unbranched alkanes of at least 4 members (excludes halogenated alkanes) is 10. The molecule has 5 aromatic heterocycles. The normalized spacial score (nSPS) is 10.5. The summed E-state index contributed by atoms with van der Waals surface area (Å²) >= 11 is 0. The van der Waals surface area contributed by atoms with E-state index in [4.69, 9.17) is 47.4 Å². The van der Waals surface area contributed by atoms with E-state index >= 15 is 0 Å². The van der Waals surface area contributed by atoms with Crippen LogP contribution in [0.2, 0.25) is 0 Å². The Hall–Kier alpha value is -8.27. The van der Waals surface area contributed by atoms with Gasteiger partial charge in [-0.3, -0.25) is 0 Å². The quantitative estimate of drug-likeness (QED) is 0.0273. The van der Waals surface area contributed by atoms with E-state index in [0.717, 1.165) is 168 Å². The van der Waals surface area contributed by atoms with Gasteiger partial charge < -0.3 is 72.3 Å². The number of hydrogen-bond donors (Lipinski definition) is 0. The Bertz CT molecular complexity index is 5000. The molecule has 0 atom stereocenters. The monoisotopic (exact) mass is 2600 g/mol. The summed E-state index contributed by atoms with van der Waals surface area (Å²) in [4.78, 5) is 22.2. The van der Waals surface area contributed by atoms with Gasteiger partial charge in [0.2, 0.25) is 0 Å². The van der Waals surface area contributed by atoms with Crippen molar-refractivity contribution in [1.29, 1.82) is 0 Å². The van der Waals surface area contributed by atoms with Crippen LogP contribution in [0, 0.1) is 65.0 Å². The van der Waals surface area contributed by atoms with Crippen LogP contribution in [-0.2, 0) is 105 Å². The zero-order chi connectivity index (χ0) is 86.9. The second-order valence-corrected chi connectivity index (χ2v) is 31.7.